The van der Waals surface area contributed by atoms with Crippen molar-refractivity contribution >= 4 is 11.3 Å². The van der Waals surface area contributed by atoms with Crippen molar-refractivity contribution in [2.45, 2.75) is 46.4 Å². The Morgan fingerprint density at radius 1 is 1.26 bits per heavy atom. The number of hydrogen-bond acceptors (Lipinski definition) is 4. The van der Waals surface area contributed by atoms with E-state index in [1.807, 2.05) is 0 Å². The Bertz CT molecular complexity index is 325. The molecule has 0 amide bonds. The molecule has 4 heteroatoms. The average molecular weight is 285 g/mol. The topological polar surface area (TPSA) is 32.7 Å². The highest BCUT2D eigenvalue weighted by molar-refractivity contribution is 7.09. The predicted octanol–water partition coefficient (Wildman–Crippen LogP) is 2.99. The van der Waals surface area contributed by atoms with Crippen LogP contribution in [0.15, 0.2) is 17.5 Å². The third-order valence-electron chi connectivity index (χ3n) is 2.88. The van der Waals surface area contributed by atoms with Crippen LogP contribution in [0, 0.1) is 5.92 Å². The molecule has 0 fully saturated rings. The molecule has 0 saturated heterocycles. The minimum absolute atomic E-state index is 0.416. The van der Waals surface area contributed by atoms with Gasteiger partial charge in [0.15, 0.2) is 0 Å². The molecule has 0 aliphatic rings. The normalized spacial score (nSPS) is 13.7. The van der Waals surface area contributed by atoms with Gasteiger partial charge in [-0.1, -0.05) is 19.9 Å². The van der Waals surface area contributed by atoms with Crippen LogP contribution >= 0.6 is 11.3 Å². The number of hydrogen-bond donors (Lipinski definition) is 1. The fraction of sp³-hybridized carbons (Fsp3) is 0.733. The summed E-state index contributed by atoms with van der Waals surface area (Å²) in [6.07, 6.45) is -0.416. The SMILES string of the molecule is CC(C)COCC(O)CN(Cc1cccs1)C(C)C. The summed E-state index contributed by atoms with van der Waals surface area (Å²) in [4.78, 5) is 3.62. The van der Waals surface area contributed by atoms with E-state index in [-0.39, 0.29) is 0 Å². The van der Waals surface area contributed by atoms with Gasteiger partial charge in [-0.25, -0.2) is 0 Å². The first-order valence-electron chi connectivity index (χ1n) is 7.01. The smallest absolute Gasteiger partial charge is 0.0900 e. The largest absolute Gasteiger partial charge is 0.389 e. The van der Waals surface area contributed by atoms with Gasteiger partial charge in [0.05, 0.1) is 12.7 Å². The van der Waals surface area contributed by atoms with Crippen LogP contribution in [0.1, 0.15) is 32.6 Å². The van der Waals surface area contributed by atoms with Crippen molar-refractivity contribution in [3.63, 3.8) is 0 Å². The van der Waals surface area contributed by atoms with Crippen molar-refractivity contribution in [2.24, 2.45) is 5.92 Å². The molecule has 0 radical (unpaired) electrons. The molecular weight excluding hydrogens is 258 g/mol. The zero-order chi connectivity index (χ0) is 14.3. The number of rotatable bonds is 9. The molecule has 1 rings (SSSR count). The van der Waals surface area contributed by atoms with Crippen molar-refractivity contribution in [1.82, 2.24) is 4.90 Å². The molecule has 3 nitrogen and oxygen atoms in total. The molecule has 1 aromatic rings. The number of nitrogens with zero attached hydrogens (tertiary/aromatic N) is 1. The first-order chi connectivity index (χ1) is 8.99. The third kappa shape index (κ3) is 7.06. The molecule has 110 valence electrons. The summed E-state index contributed by atoms with van der Waals surface area (Å²) in [5, 5.41) is 12.1. The van der Waals surface area contributed by atoms with E-state index in [9.17, 15) is 5.11 Å². The standard InChI is InChI=1S/C15H27NO2S/c1-12(2)10-18-11-14(17)8-16(13(3)4)9-15-6-5-7-19-15/h5-7,12-14,17H,8-11H2,1-4H3. The summed E-state index contributed by atoms with van der Waals surface area (Å²) in [6.45, 7) is 11.2. The van der Waals surface area contributed by atoms with E-state index in [1.165, 1.54) is 4.88 Å². The summed E-state index contributed by atoms with van der Waals surface area (Å²) in [5.74, 6) is 0.513. The number of thiophene rings is 1. The fourth-order valence-electron chi connectivity index (χ4n) is 1.82. The van der Waals surface area contributed by atoms with Crippen molar-refractivity contribution in [3.05, 3.63) is 22.4 Å². The van der Waals surface area contributed by atoms with Crippen molar-refractivity contribution in [2.75, 3.05) is 19.8 Å². The van der Waals surface area contributed by atoms with Gasteiger partial charge in [0.2, 0.25) is 0 Å². The fourth-order valence-corrected chi connectivity index (χ4v) is 2.55. The molecule has 0 aromatic carbocycles. The first-order valence-corrected chi connectivity index (χ1v) is 7.89. The van der Waals surface area contributed by atoms with Crippen LogP contribution in [0.4, 0.5) is 0 Å². The highest BCUT2D eigenvalue weighted by Gasteiger charge is 2.16. The second-order valence-electron chi connectivity index (χ2n) is 5.69. The molecule has 0 aliphatic carbocycles. The summed E-state index contributed by atoms with van der Waals surface area (Å²) >= 11 is 1.76. The van der Waals surface area contributed by atoms with Gasteiger partial charge in [0.25, 0.3) is 0 Å². The van der Waals surface area contributed by atoms with Crippen LogP contribution in [0.3, 0.4) is 0 Å². The molecular formula is C15H27NO2S. The minimum atomic E-state index is -0.416. The van der Waals surface area contributed by atoms with Crippen molar-refractivity contribution < 1.29 is 9.84 Å². The highest BCUT2D eigenvalue weighted by atomic mass is 32.1. The Labute approximate surface area is 121 Å². The highest BCUT2D eigenvalue weighted by Crippen LogP contribution is 2.14. The molecule has 0 aliphatic heterocycles. The number of aliphatic hydroxyl groups excluding tert-OH is 1. The summed E-state index contributed by atoms with van der Waals surface area (Å²) < 4.78 is 5.50. The van der Waals surface area contributed by atoms with E-state index < -0.39 is 6.10 Å². The molecule has 1 atom stereocenters. The van der Waals surface area contributed by atoms with Crippen LogP contribution in [-0.4, -0.2) is 41.9 Å². The summed E-state index contributed by atoms with van der Waals surface area (Å²) in [5.41, 5.74) is 0. The van der Waals surface area contributed by atoms with E-state index in [0.29, 0.717) is 31.7 Å². The van der Waals surface area contributed by atoms with E-state index in [4.69, 9.17) is 4.74 Å². The van der Waals surface area contributed by atoms with E-state index in [1.54, 1.807) is 11.3 Å². The van der Waals surface area contributed by atoms with Crippen LogP contribution in [0.2, 0.25) is 0 Å². The van der Waals surface area contributed by atoms with Crippen LogP contribution in [0.25, 0.3) is 0 Å². The molecule has 1 N–H and O–H groups in total. The van der Waals surface area contributed by atoms with Gasteiger partial charge >= 0.3 is 0 Å². The quantitative estimate of drug-likeness (QED) is 0.757. The van der Waals surface area contributed by atoms with Gasteiger partial charge in [0, 0.05) is 30.6 Å². The molecule has 1 aromatic heterocycles. The average Bonchev–Trinajstić information content (AvgIpc) is 2.80. The molecule has 1 unspecified atom stereocenters. The second-order valence-corrected chi connectivity index (χ2v) is 6.72. The van der Waals surface area contributed by atoms with Gasteiger partial charge in [-0.3, -0.25) is 4.90 Å². The summed E-state index contributed by atoms with van der Waals surface area (Å²) in [6, 6.07) is 4.63. The van der Waals surface area contributed by atoms with Crippen molar-refractivity contribution in [1.29, 1.82) is 0 Å². The van der Waals surface area contributed by atoms with Gasteiger partial charge < -0.3 is 9.84 Å². The molecule has 0 spiro atoms. The maximum Gasteiger partial charge on any atom is 0.0900 e. The van der Waals surface area contributed by atoms with Crippen molar-refractivity contribution in [3.8, 4) is 0 Å². The van der Waals surface area contributed by atoms with Gasteiger partial charge in [-0.2, -0.15) is 0 Å². The minimum Gasteiger partial charge on any atom is -0.389 e. The lowest BCUT2D eigenvalue weighted by Gasteiger charge is -2.28. The van der Waals surface area contributed by atoms with E-state index in [0.717, 1.165) is 6.54 Å². The molecule has 0 saturated carbocycles. The predicted molar refractivity (Wildman–Crippen MR) is 81.5 cm³/mol. The Morgan fingerprint density at radius 3 is 2.53 bits per heavy atom. The second kappa shape index (κ2) is 8.69. The monoisotopic (exact) mass is 285 g/mol. The Morgan fingerprint density at radius 2 is 2.00 bits per heavy atom. The van der Waals surface area contributed by atoms with Gasteiger partial charge in [-0.15, -0.1) is 11.3 Å². The molecule has 19 heavy (non-hydrogen) atoms. The van der Waals surface area contributed by atoms with Crippen LogP contribution in [-0.2, 0) is 11.3 Å². The number of aliphatic hydroxyl groups is 1. The summed E-state index contributed by atoms with van der Waals surface area (Å²) in [7, 11) is 0. The Hall–Kier alpha value is -0.420. The van der Waals surface area contributed by atoms with Gasteiger partial charge in [-0.05, 0) is 31.2 Å². The Balaban J connectivity index is 2.36. The van der Waals surface area contributed by atoms with E-state index >= 15 is 0 Å². The zero-order valence-corrected chi connectivity index (χ0v) is 13.3. The van der Waals surface area contributed by atoms with Crippen LogP contribution < -0.4 is 0 Å². The van der Waals surface area contributed by atoms with Crippen LogP contribution in [0.5, 0.6) is 0 Å². The Kier molecular flexibility index (Phi) is 7.61. The lowest BCUT2D eigenvalue weighted by molar-refractivity contribution is 0.00192. The third-order valence-corrected chi connectivity index (χ3v) is 3.74. The van der Waals surface area contributed by atoms with E-state index in [2.05, 4.69) is 50.1 Å². The first kappa shape index (κ1) is 16.6. The maximum absolute atomic E-state index is 10.0. The zero-order valence-electron chi connectivity index (χ0n) is 12.5. The molecule has 0 bridgehead atoms. The maximum atomic E-state index is 10.0. The lowest BCUT2D eigenvalue weighted by Crippen LogP contribution is -2.38. The lowest BCUT2D eigenvalue weighted by atomic mass is 10.2. The number of ether oxygens (including phenoxy) is 1. The molecule has 1 heterocycles. The van der Waals surface area contributed by atoms with Gasteiger partial charge in [0.1, 0.15) is 0 Å².